The van der Waals surface area contributed by atoms with E-state index in [1.54, 1.807) is 0 Å². The van der Waals surface area contributed by atoms with E-state index in [-0.39, 0.29) is 11.2 Å². The first kappa shape index (κ1) is 20.2. The minimum atomic E-state index is -0.334. The molecule has 1 saturated carbocycles. The van der Waals surface area contributed by atoms with Crippen LogP contribution in [0.15, 0.2) is 48.2 Å². The molecular formula is C26H29ClO2. The van der Waals surface area contributed by atoms with Crippen LogP contribution in [0.25, 0.3) is 16.7 Å². The van der Waals surface area contributed by atoms with Gasteiger partial charge in [-0.15, -0.1) is 0 Å². The number of halogens is 1. The Labute approximate surface area is 178 Å². The van der Waals surface area contributed by atoms with Crippen LogP contribution in [0.4, 0.5) is 0 Å². The van der Waals surface area contributed by atoms with Crippen molar-refractivity contribution in [3.05, 3.63) is 64.4 Å². The average molecular weight is 409 g/mol. The lowest BCUT2D eigenvalue weighted by atomic mass is 9.68. The predicted octanol–water partition coefficient (Wildman–Crippen LogP) is 7.53. The van der Waals surface area contributed by atoms with Crippen LogP contribution in [0.2, 0.25) is 5.02 Å². The first-order chi connectivity index (χ1) is 13.9. The maximum Gasteiger partial charge on any atom is 0.167 e. The number of Topliss-reactive ketones (excluding diaryl/α,β-unsaturated/α-hetero) is 1. The van der Waals surface area contributed by atoms with Crippen LogP contribution in [-0.4, -0.2) is 10.9 Å². The van der Waals surface area contributed by atoms with Crippen molar-refractivity contribution in [1.82, 2.24) is 0 Å². The van der Waals surface area contributed by atoms with Crippen molar-refractivity contribution in [3.63, 3.8) is 0 Å². The molecule has 2 aromatic carbocycles. The van der Waals surface area contributed by atoms with Gasteiger partial charge in [-0.2, -0.15) is 0 Å². The van der Waals surface area contributed by atoms with Crippen molar-refractivity contribution < 1.29 is 9.90 Å². The van der Waals surface area contributed by atoms with Gasteiger partial charge < -0.3 is 5.11 Å². The van der Waals surface area contributed by atoms with E-state index in [0.717, 1.165) is 53.9 Å². The summed E-state index contributed by atoms with van der Waals surface area (Å²) in [6, 6.07) is 13.9. The summed E-state index contributed by atoms with van der Waals surface area (Å²) in [5.41, 5.74) is 4.19. The maximum absolute atomic E-state index is 13.1. The van der Waals surface area contributed by atoms with Crippen LogP contribution >= 0.6 is 11.6 Å². The molecule has 0 aromatic heterocycles. The Hall–Kier alpha value is -2.06. The second kappa shape index (κ2) is 7.99. The molecule has 0 bridgehead atoms. The molecule has 2 nitrogen and oxygen atoms in total. The molecule has 1 fully saturated rings. The number of hydrogen-bond donors (Lipinski definition) is 1. The van der Waals surface area contributed by atoms with Crippen LogP contribution < -0.4 is 0 Å². The van der Waals surface area contributed by atoms with E-state index in [2.05, 4.69) is 13.0 Å². The van der Waals surface area contributed by atoms with Crippen molar-refractivity contribution in [2.75, 3.05) is 0 Å². The van der Waals surface area contributed by atoms with Gasteiger partial charge in [0, 0.05) is 16.9 Å². The lowest BCUT2D eigenvalue weighted by Gasteiger charge is -2.36. The molecule has 0 amide bonds. The molecule has 3 heteroatoms. The fraction of sp³-hybridized carbons (Fsp3) is 0.423. The van der Waals surface area contributed by atoms with Gasteiger partial charge in [0.05, 0.1) is 5.57 Å². The third-order valence-corrected chi connectivity index (χ3v) is 7.21. The first-order valence-electron chi connectivity index (χ1n) is 10.8. The largest absolute Gasteiger partial charge is 0.511 e. The number of aryl methyl sites for hydroxylation is 1. The van der Waals surface area contributed by atoms with Crippen molar-refractivity contribution in [3.8, 4) is 11.1 Å². The third kappa shape index (κ3) is 3.75. The van der Waals surface area contributed by atoms with Crippen LogP contribution in [0.5, 0.6) is 0 Å². The second-order valence-electron chi connectivity index (χ2n) is 8.87. The maximum atomic E-state index is 13.1. The highest BCUT2D eigenvalue weighted by molar-refractivity contribution is 6.30. The SMILES string of the molecule is CCCC1CCC2(CC1)CC(=O)C(c1cc(-c3ccc(Cl)cc3)ccc1C)=C2O. The van der Waals surface area contributed by atoms with Gasteiger partial charge in [0.25, 0.3) is 0 Å². The van der Waals surface area contributed by atoms with E-state index < -0.39 is 0 Å². The molecule has 0 aliphatic heterocycles. The Kier molecular flexibility index (Phi) is 5.57. The summed E-state index contributed by atoms with van der Waals surface area (Å²) in [4.78, 5) is 13.1. The van der Waals surface area contributed by atoms with Crippen molar-refractivity contribution in [1.29, 1.82) is 0 Å². The van der Waals surface area contributed by atoms with Gasteiger partial charge in [0.2, 0.25) is 0 Å². The highest BCUT2D eigenvalue weighted by Crippen LogP contribution is 2.54. The molecule has 4 rings (SSSR count). The summed E-state index contributed by atoms with van der Waals surface area (Å²) in [5.74, 6) is 1.18. The minimum absolute atomic E-state index is 0.0906. The van der Waals surface area contributed by atoms with E-state index in [1.807, 2.05) is 43.3 Å². The highest BCUT2D eigenvalue weighted by Gasteiger charge is 2.48. The molecule has 2 aliphatic carbocycles. The number of ketones is 1. The molecule has 0 saturated heterocycles. The van der Waals surface area contributed by atoms with Gasteiger partial charge in [-0.1, -0.05) is 55.6 Å². The van der Waals surface area contributed by atoms with Crippen LogP contribution in [0, 0.1) is 18.3 Å². The number of allylic oxidation sites excluding steroid dienone is 2. The van der Waals surface area contributed by atoms with Gasteiger partial charge in [0.15, 0.2) is 5.78 Å². The zero-order chi connectivity index (χ0) is 20.6. The Morgan fingerprint density at radius 3 is 2.38 bits per heavy atom. The Bertz CT molecular complexity index is 947. The molecule has 1 spiro atoms. The van der Waals surface area contributed by atoms with Gasteiger partial charge in [0.1, 0.15) is 5.76 Å². The van der Waals surface area contributed by atoms with E-state index in [1.165, 1.54) is 12.8 Å². The van der Waals surface area contributed by atoms with Gasteiger partial charge in [-0.25, -0.2) is 0 Å². The van der Waals surface area contributed by atoms with E-state index >= 15 is 0 Å². The topological polar surface area (TPSA) is 37.3 Å². The van der Waals surface area contributed by atoms with E-state index in [4.69, 9.17) is 11.6 Å². The third-order valence-electron chi connectivity index (χ3n) is 6.96. The number of rotatable bonds is 4. The van der Waals surface area contributed by atoms with E-state index in [9.17, 15) is 9.90 Å². The quantitative estimate of drug-likeness (QED) is 0.567. The lowest BCUT2D eigenvalue weighted by molar-refractivity contribution is -0.115. The summed E-state index contributed by atoms with van der Waals surface area (Å²) in [6.07, 6.45) is 7.00. The second-order valence-corrected chi connectivity index (χ2v) is 9.31. The van der Waals surface area contributed by atoms with Crippen molar-refractivity contribution in [2.45, 2.75) is 58.8 Å². The molecule has 1 N–H and O–H groups in total. The summed E-state index contributed by atoms with van der Waals surface area (Å²) in [6.45, 7) is 4.24. The smallest absolute Gasteiger partial charge is 0.167 e. The van der Waals surface area contributed by atoms with Crippen molar-refractivity contribution in [2.24, 2.45) is 11.3 Å². The molecule has 152 valence electrons. The lowest BCUT2D eigenvalue weighted by Crippen LogP contribution is -2.28. The number of hydrogen-bond acceptors (Lipinski definition) is 2. The summed E-state index contributed by atoms with van der Waals surface area (Å²) >= 11 is 6.02. The van der Waals surface area contributed by atoms with Crippen LogP contribution in [-0.2, 0) is 4.79 Å². The summed E-state index contributed by atoms with van der Waals surface area (Å²) in [7, 11) is 0. The number of carbonyl (C=O) groups is 1. The molecule has 0 atom stereocenters. The van der Waals surface area contributed by atoms with Gasteiger partial charge in [-0.05, 0) is 79.0 Å². The zero-order valence-electron chi connectivity index (χ0n) is 17.3. The zero-order valence-corrected chi connectivity index (χ0v) is 18.1. The fourth-order valence-corrected chi connectivity index (χ4v) is 5.33. The van der Waals surface area contributed by atoms with Crippen molar-refractivity contribution >= 4 is 23.0 Å². The number of aliphatic hydroxyl groups is 1. The minimum Gasteiger partial charge on any atom is -0.511 e. The Morgan fingerprint density at radius 1 is 1.07 bits per heavy atom. The highest BCUT2D eigenvalue weighted by atomic mass is 35.5. The predicted molar refractivity (Wildman–Crippen MR) is 120 cm³/mol. The summed E-state index contributed by atoms with van der Waals surface area (Å²) in [5, 5.41) is 12.0. The molecule has 0 radical (unpaired) electrons. The molecule has 2 aliphatic rings. The van der Waals surface area contributed by atoms with Gasteiger partial charge in [-0.3, -0.25) is 4.79 Å². The summed E-state index contributed by atoms with van der Waals surface area (Å²) < 4.78 is 0. The van der Waals surface area contributed by atoms with Crippen LogP contribution in [0.1, 0.15) is 63.0 Å². The van der Waals surface area contributed by atoms with E-state index in [0.29, 0.717) is 22.8 Å². The average Bonchev–Trinajstić information content (AvgIpc) is 2.95. The monoisotopic (exact) mass is 408 g/mol. The fourth-order valence-electron chi connectivity index (χ4n) is 5.21. The first-order valence-corrected chi connectivity index (χ1v) is 11.2. The van der Waals surface area contributed by atoms with Crippen LogP contribution in [0.3, 0.4) is 0 Å². The number of benzene rings is 2. The normalized spacial score (nSPS) is 24.5. The standard InChI is InChI=1S/C26H29ClO2/c1-3-4-18-11-13-26(14-12-18)16-23(28)24(25(26)29)22-15-20(6-5-17(22)2)19-7-9-21(27)10-8-19/h5-10,15,18,29H,3-4,11-14,16H2,1-2H3. The molecule has 2 aromatic rings. The number of carbonyl (C=O) groups excluding carboxylic acids is 1. The number of aliphatic hydroxyl groups excluding tert-OH is 1. The molecule has 0 heterocycles. The molecular weight excluding hydrogens is 380 g/mol. The molecule has 29 heavy (non-hydrogen) atoms. The molecule has 0 unspecified atom stereocenters. The Morgan fingerprint density at radius 2 is 1.72 bits per heavy atom. The Balaban J connectivity index is 1.70. The van der Waals surface area contributed by atoms with Gasteiger partial charge >= 0.3 is 0 Å².